The summed E-state index contributed by atoms with van der Waals surface area (Å²) < 4.78 is 4.86. The second-order valence-corrected chi connectivity index (χ2v) is 4.35. The van der Waals surface area contributed by atoms with Crippen molar-refractivity contribution in [1.29, 1.82) is 0 Å². The quantitative estimate of drug-likeness (QED) is 0.783. The number of amides is 1. The number of nitrogens with two attached hydrogens (primary N) is 1. The van der Waals surface area contributed by atoms with Crippen LogP contribution in [0.4, 0.5) is 0 Å². The molecule has 16 heavy (non-hydrogen) atoms. The number of carbonyl (C=O) groups excluding carboxylic acids is 1. The number of carbonyl (C=O) groups is 1. The fourth-order valence-electron chi connectivity index (χ4n) is 2.05. The van der Waals surface area contributed by atoms with E-state index >= 15 is 0 Å². The average Bonchev–Trinajstić information content (AvgIpc) is 2.68. The molecule has 1 saturated carbocycles. The molecule has 1 fully saturated rings. The number of hydrogen-bond donors (Lipinski definition) is 2. The first kappa shape index (κ1) is 11.1. The van der Waals surface area contributed by atoms with Gasteiger partial charge in [-0.15, -0.1) is 0 Å². The number of nitrogens with one attached hydrogen (secondary N) is 1. The van der Waals surface area contributed by atoms with Crippen LogP contribution in [0.2, 0.25) is 0 Å². The Kier molecular flexibility index (Phi) is 3.24. The molecule has 0 radical (unpaired) electrons. The minimum atomic E-state index is -0.195. The van der Waals surface area contributed by atoms with Gasteiger partial charge in [0.15, 0.2) is 5.69 Å². The van der Waals surface area contributed by atoms with Gasteiger partial charge in [-0.25, -0.2) is 0 Å². The first-order valence-electron chi connectivity index (χ1n) is 5.66. The molecular weight excluding hydrogens is 206 g/mol. The van der Waals surface area contributed by atoms with Crippen molar-refractivity contribution in [1.82, 2.24) is 10.5 Å². The molecule has 1 aliphatic rings. The van der Waals surface area contributed by atoms with Gasteiger partial charge >= 0.3 is 0 Å². The van der Waals surface area contributed by atoms with Crippen molar-refractivity contribution < 1.29 is 9.32 Å². The number of aromatic nitrogens is 1. The molecule has 1 aromatic heterocycles. The van der Waals surface area contributed by atoms with E-state index < -0.39 is 0 Å². The Morgan fingerprint density at radius 3 is 2.94 bits per heavy atom. The molecule has 0 saturated heterocycles. The lowest BCUT2D eigenvalue weighted by atomic mass is 9.91. The van der Waals surface area contributed by atoms with E-state index in [-0.39, 0.29) is 18.0 Å². The molecule has 1 aromatic rings. The largest absolute Gasteiger partial charge is 0.361 e. The third kappa shape index (κ3) is 2.41. The Bertz CT molecular complexity index is 375. The van der Waals surface area contributed by atoms with Gasteiger partial charge in [-0.3, -0.25) is 4.79 Å². The first-order chi connectivity index (χ1) is 7.66. The van der Waals surface area contributed by atoms with Crippen LogP contribution < -0.4 is 11.1 Å². The van der Waals surface area contributed by atoms with E-state index in [9.17, 15) is 4.79 Å². The molecule has 0 aromatic carbocycles. The molecule has 5 nitrogen and oxygen atoms in total. The van der Waals surface area contributed by atoms with Crippen LogP contribution in [0.25, 0.3) is 0 Å². The highest BCUT2D eigenvalue weighted by Crippen LogP contribution is 2.17. The van der Waals surface area contributed by atoms with Crippen LogP contribution in [-0.2, 0) is 0 Å². The maximum atomic E-state index is 11.8. The monoisotopic (exact) mass is 223 g/mol. The van der Waals surface area contributed by atoms with Crippen molar-refractivity contribution in [3.8, 4) is 0 Å². The highest BCUT2D eigenvalue weighted by molar-refractivity contribution is 5.92. The van der Waals surface area contributed by atoms with Gasteiger partial charge in [0.05, 0.1) is 0 Å². The van der Waals surface area contributed by atoms with Crippen LogP contribution in [0.3, 0.4) is 0 Å². The van der Waals surface area contributed by atoms with Gasteiger partial charge in [-0.1, -0.05) is 18.0 Å². The lowest BCUT2D eigenvalue weighted by molar-refractivity contribution is 0.0912. The molecule has 1 amide bonds. The van der Waals surface area contributed by atoms with Gasteiger partial charge in [0.2, 0.25) is 0 Å². The second-order valence-electron chi connectivity index (χ2n) is 4.35. The van der Waals surface area contributed by atoms with Crippen molar-refractivity contribution >= 4 is 5.91 Å². The van der Waals surface area contributed by atoms with Gasteiger partial charge < -0.3 is 15.6 Å². The summed E-state index contributed by atoms with van der Waals surface area (Å²) in [5, 5.41) is 6.59. The summed E-state index contributed by atoms with van der Waals surface area (Å²) in [6.07, 6.45) is 4.19. The molecule has 5 heteroatoms. The maximum absolute atomic E-state index is 11.8. The first-order valence-corrected chi connectivity index (χ1v) is 5.66. The van der Waals surface area contributed by atoms with Gasteiger partial charge in [0.25, 0.3) is 5.91 Å². The van der Waals surface area contributed by atoms with Crippen LogP contribution in [-0.4, -0.2) is 23.1 Å². The van der Waals surface area contributed by atoms with Crippen LogP contribution in [0.1, 0.15) is 41.9 Å². The van der Waals surface area contributed by atoms with Crippen molar-refractivity contribution in [3.05, 3.63) is 17.5 Å². The zero-order chi connectivity index (χ0) is 11.5. The van der Waals surface area contributed by atoms with Crippen molar-refractivity contribution in [2.24, 2.45) is 5.73 Å². The Hall–Kier alpha value is -1.36. The SMILES string of the molecule is Cc1cc(C(=O)N[C@@H]2CCCC[C@H]2N)no1. The van der Waals surface area contributed by atoms with Crippen molar-refractivity contribution in [2.45, 2.75) is 44.7 Å². The lowest BCUT2D eigenvalue weighted by Gasteiger charge is -2.28. The number of rotatable bonds is 2. The van der Waals surface area contributed by atoms with E-state index in [0.717, 1.165) is 25.7 Å². The Morgan fingerprint density at radius 1 is 1.56 bits per heavy atom. The second kappa shape index (κ2) is 4.65. The van der Waals surface area contributed by atoms with Crippen LogP contribution in [0, 0.1) is 6.92 Å². The standard InChI is InChI=1S/C11H17N3O2/c1-7-6-10(14-16-7)11(15)13-9-5-3-2-4-8(9)12/h6,8-9H,2-5,12H2,1H3,(H,13,15)/t8-,9-/m1/s1. The van der Waals surface area contributed by atoms with Crippen molar-refractivity contribution in [2.75, 3.05) is 0 Å². The molecule has 0 bridgehead atoms. The van der Waals surface area contributed by atoms with Gasteiger partial charge in [0.1, 0.15) is 5.76 Å². The molecular formula is C11H17N3O2. The smallest absolute Gasteiger partial charge is 0.273 e. The van der Waals surface area contributed by atoms with Gasteiger partial charge in [-0.05, 0) is 19.8 Å². The minimum Gasteiger partial charge on any atom is -0.361 e. The summed E-state index contributed by atoms with van der Waals surface area (Å²) in [6.45, 7) is 1.76. The fourth-order valence-corrected chi connectivity index (χ4v) is 2.05. The zero-order valence-corrected chi connectivity index (χ0v) is 9.40. The van der Waals surface area contributed by atoms with Crippen LogP contribution in [0.5, 0.6) is 0 Å². The average molecular weight is 223 g/mol. The molecule has 0 spiro atoms. The van der Waals surface area contributed by atoms with Crippen molar-refractivity contribution in [3.63, 3.8) is 0 Å². The summed E-state index contributed by atoms with van der Waals surface area (Å²) in [5.41, 5.74) is 6.28. The molecule has 3 N–H and O–H groups in total. The molecule has 88 valence electrons. The van der Waals surface area contributed by atoms with Gasteiger partial charge in [-0.2, -0.15) is 0 Å². The fraction of sp³-hybridized carbons (Fsp3) is 0.636. The summed E-state index contributed by atoms with van der Waals surface area (Å²) >= 11 is 0. The molecule has 2 atom stereocenters. The molecule has 1 aliphatic carbocycles. The Balaban J connectivity index is 1.96. The molecule has 2 rings (SSSR count). The lowest BCUT2D eigenvalue weighted by Crippen LogP contribution is -2.49. The third-order valence-corrected chi connectivity index (χ3v) is 3.00. The van der Waals surface area contributed by atoms with E-state index in [4.69, 9.17) is 10.3 Å². The van der Waals surface area contributed by atoms with E-state index in [1.807, 2.05) is 0 Å². The van der Waals surface area contributed by atoms with Crippen LogP contribution >= 0.6 is 0 Å². The van der Waals surface area contributed by atoms with E-state index in [0.29, 0.717) is 11.5 Å². The van der Waals surface area contributed by atoms with Gasteiger partial charge in [0, 0.05) is 18.2 Å². The predicted octanol–water partition coefficient (Wildman–Crippen LogP) is 0.983. The van der Waals surface area contributed by atoms with E-state index in [1.165, 1.54) is 0 Å². The molecule has 0 unspecified atom stereocenters. The third-order valence-electron chi connectivity index (χ3n) is 3.00. The summed E-state index contributed by atoms with van der Waals surface area (Å²) in [5.74, 6) is 0.442. The highest BCUT2D eigenvalue weighted by atomic mass is 16.5. The number of nitrogens with zero attached hydrogens (tertiary/aromatic N) is 1. The topological polar surface area (TPSA) is 81.2 Å². The summed E-state index contributed by atoms with van der Waals surface area (Å²) in [4.78, 5) is 11.8. The molecule has 0 aliphatic heterocycles. The normalized spacial score (nSPS) is 25.4. The Morgan fingerprint density at radius 2 is 2.31 bits per heavy atom. The van der Waals surface area contributed by atoms with E-state index in [1.54, 1.807) is 13.0 Å². The Labute approximate surface area is 94.4 Å². The minimum absolute atomic E-state index is 0.0608. The number of aryl methyl sites for hydroxylation is 1. The molecule has 1 heterocycles. The highest BCUT2D eigenvalue weighted by Gasteiger charge is 2.24. The summed E-state index contributed by atoms with van der Waals surface area (Å²) in [7, 11) is 0. The van der Waals surface area contributed by atoms with E-state index in [2.05, 4.69) is 10.5 Å². The zero-order valence-electron chi connectivity index (χ0n) is 9.40. The van der Waals surface area contributed by atoms with Crippen LogP contribution in [0.15, 0.2) is 10.6 Å². The maximum Gasteiger partial charge on any atom is 0.273 e. The number of hydrogen-bond acceptors (Lipinski definition) is 4. The summed E-state index contributed by atoms with van der Waals surface area (Å²) in [6, 6.07) is 1.76. The predicted molar refractivity (Wildman–Crippen MR) is 58.9 cm³/mol.